The van der Waals surface area contributed by atoms with Crippen molar-refractivity contribution in [2.24, 2.45) is 11.3 Å². The first kappa shape index (κ1) is 6.79. The van der Waals surface area contributed by atoms with Crippen LogP contribution in [0.4, 0.5) is 0 Å². The molecule has 1 rings (SSSR count). The molecule has 1 aliphatic carbocycles. The van der Waals surface area contributed by atoms with Crippen molar-refractivity contribution in [3.63, 3.8) is 0 Å². The third kappa shape index (κ3) is 1.15. The molecule has 0 heterocycles. The van der Waals surface area contributed by atoms with Crippen LogP contribution in [0.5, 0.6) is 0 Å². The van der Waals surface area contributed by atoms with E-state index >= 15 is 0 Å². The van der Waals surface area contributed by atoms with E-state index in [9.17, 15) is 4.79 Å². The fourth-order valence-corrected chi connectivity index (χ4v) is 1.61. The molecule has 1 saturated carbocycles. The zero-order valence-corrected chi connectivity index (χ0v) is 6.18. The highest BCUT2D eigenvalue weighted by Gasteiger charge is 2.33. The number of hydrogen-bond acceptors (Lipinski definition) is 1. The van der Waals surface area contributed by atoms with Crippen LogP contribution in [0.3, 0.4) is 0 Å². The molecule has 0 aromatic heterocycles. The molecular weight excluding hydrogens is 112 g/mol. The van der Waals surface area contributed by atoms with Gasteiger partial charge in [0.15, 0.2) is 0 Å². The van der Waals surface area contributed by atoms with E-state index in [0.29, 0.717) is 11.3 Å². The number of rotatable bonds is 1. The molecule has 1 atom stereocenters. The summed E-state index contributed by atoms with van der Waals surface area (Å²) in [6, 6.07) is 0. The summed E-state index contributed by atoms with van der Waals surface area (Å²) >= 11 is 0. The van der Waals surface area contributed by atoms with Crippen molar-refractivity contribution in [1.29, 1.82) is 0 Å². The topological polar surface area (TPSA) is 17.1 Å². The molecule has 0 spiro atoms. The Kier molecular flexibility index (Phi) is 1.60. The van der Waals surface area contributed by atoms with E-state index in [2.05, 4.69) is 13.8 Å². The van der Waals surface area contributed by atoms with Gasteiger partial charge in [0, 0.05) is 5.92 Å². The Balaban J connectivity index is 2.62. The van der Waals surface area contributed by atoms with E-state index in [0.717, 1.165) is 12.7 Å². The van der Waals surface area contributed by atoms with Crippen LogP contribution in [-0.4, -0.2) is 6.29 Å². The third-order valence-corrected chi connectivity index (χ3v) is 2.50. The summed E-state index contributed by atoms with van der Waals surface area (Å²) in [4.78, 5) is 10.4. The van der Waals surface area contributed by atoms with Crippen molar-refractivity contribution in [2.75, 3.05) is 0 Å². The Morgan fingerprint density at radius 1 is 1.56 bits per heavy atom. The molecule has 1 heteroatoms. The van der Waals surface area contributed by atoms with Gasteiger partial charge in [0.1, 0.15) is 6.29 Å². The van der Waals surface area contributed by atoms with Gasteiger partial charge >= 0.3 is 0 Å². The van der Waals surface area contributed by atoms with Gasteiger partial charge in [-0.1, -0.05) is 20.3 Å². The molecule has 0 aromatic rings. The van der Waals surface area contributed by atoms with Gasteiger partial charge in [0.05, 0.1) is 0 Å². The Hall–Kier alpha value is -0.330. The van der Waals surface area contributed by atoms with E-state index in [1.54, 1.807) is 0 Å². The summed E-state index contributed by atoms with van der Waals surface area (Å²) in [5.41, 5.74) is 0.293. The van der Waals surface area contributed by atoms with Crippen molar-refractivity contribution in [3.8, 4) is 0 Å². The van der Waals surface area contributed by atoms with Gasteiger partial charge < -0.3 is 4.79 Å². The van der Waals surface area contributed by atoms with Crippen molar-refractivity contribution >= 4 is 6.29 Å². The summed E-state index contributed by atoms with van der Waals surface area (Å²) in [7, 11) is 0. The van der Waals surface area contributed by atoms with Crippen LogP contribution >= 0.6 is 0 Å². The minimum atomic E-state index is 0.293. The average molecular weight is 126 g/mol. The Labute approximate surface area is 56.4 Å². The van der Waals surface area contributed by atoms with E-state index in [-0.39, 0.29) is 0 Å². The monoisotopic (exact) mass is 126 g/mol. The van der Waals surface area contributed by atoms with Crippen molar-refractivity contribution < 1.29 is 4.79 Å². The Bertz CT molecular complexity index is 116. The molecule has 1 unspecified atom stereocenters. The second-order valence-corrected chi connectivity index (χ2v) is 3.62. The number of carbonyl (C=O) groups excluding carboxylic acids is 1. The molecule has 9 heavy (non-hydrogen) atoms. The summed E-state index contributed by atoms with van der Waals surface area (Å²) in [5.74, 6) is 0.331. The smallest absolute Gasteiger partial charge is 0.123 e. The summed E-state index contributed by atoms with van der Waals surface area (Å²) < 4.78 is 0. The van der Waals surface area contributed by atoms with Gasteiger partial charge in [0.2, 0.25) is 0 Å². The number of aldehydes is 1. The Morgan fingerprint density at radius 2 is 2.22 bits per heavy atom. The van der Waals surface area contributed by atoms with Crippen molar-refractivity contribution in [1.82, 2.24) is 0 Å². The highest BCUT2D eigenvalue weighted by atomic mass is 16.1. The molecular formula is C8H14O. The van der Waals surface area contributed by atoms with Crippen molar-refractivity contribution in [3.05, 3.63) is 0 Å². The standard InChI is InChI=1S/C8H14O/c1-8(2)5-3-4-7(8)6-9/h6-7H,3-5H2,1-2H3. The molecule has 1 nitrogen and oxygen atoms in total. The average Bonchev–Trinajstić information content (AvgIpc) is 2.08. The zero-order valence-electron chi connectivity index (χ0n) is 6.18. The quantitative estimate of drug-likeness (QED) is 0.491. The maximum Gasteiger partial charge on any atom is 0.123 e. The molecule has 0 saturated heterocycles. The highest BCUT2D eigenvalue weighted by Crippen LogP contribution is 2.40. The second kappa shape index (κ2) is 2.13. The highest BCUT2D eigenvalue weighted by molar-refractivity contribution is 5.55. The van der Waals surface area contributed by atoms with Gasteiger partial charge in [-0.15, -0.1) is 0 Å². The molecule has 0 radical (unpaired) electrons. The minimum absolute atomic E-state index is 0.293. The van der Waals surface area contributed by atoms with E-state index < -0.39 is 0 Å². The first-order valence-electron chi connectivity index (χ1n) is 3.62. The Morgan fingerprint density at radius 3 is 2.44 bits per heavy atom. The molecule has 1 fully saturated rings. The predicted octanol–water partition coefficient (Wildman–Crippen LogP) is 2.01. The molecule has 0 aromatic carbocycles. The van der Waals surface area contributed by atoms with Crippen LogP contribution in [0.15, 0.2) is 0 Å². The largest absolute Gasteiger partial charge is 0.303 e. The maximum atomic E-state index is 10.4. The van der Waals surface area contributed by atoms with Crippen LogP contribution in [-0.2, 0) is 4.79 Å². The maximum absolute atomic E-state index is 10.4. The lowest BCUT2D eigenvalue weighted by molar-refractivity contribution is -0.113. The lowest BCUT2D eigenvalue weighted by Gasteiger charge is -2.21. The van der Waals surface area contributed by atoms with Gasteiger partial charge in [-0.25, -0.2) is 0 Å². The van der Waals surface area contributed by atoms with Gasteiger partial charge in [-0.3, -0.25) is 0 Å². The van der Waals surface area contributed by atoms with E-state index in [1.807, 2.05) is 0 Å². The normalized spacial score (nSPS) is 32.4. The molecule has 0 aliphatic heterocycles. The van der Waals surface area contributed by atoms with Crippen molar-refractivity contribution in [2.45, 2.75) is 33.1 Å². The zero-order chi connectivity index (χ0) is 6.91. The van der Waals surface area contributed by atoms with Crippen LogP contribution in [0, 0.1) is 11.3 Å². The predicted molar refractivity (Wildman–Crippen MR) is 37.2 cm³/mol. The molecule has 52 valence electrons. The van der Waals surface area contributed by atoms with E-state index in [4.69, 9.17) is 0 Å². The van der Waals surface area contributed by atoms with Gasteiger partial charge in [0.25, 0.3) is 0 Å². The van der Waals surface area contributed by atoms with Crippen LogP contribution in [0.2, 0.25) is 0 Å². The first-order chi connectivity index (χ1) is 4.17. The summed E-state index contributed by atoms with van der Waals surface area (Å²) in [6.07, 6.45) is 4.68. The van der Waals surface area contributed by atoms with E-state index in [1.165, 1.54) is 12.8 Å². The SMILES string of the molecule is CC1(C)CCCC1C=O. The lowest BCUT2D eigenvalue weighted by Crippen LogP contribution is -2.17. The lowest BCUT2D eigenvalue weighted by atomic mass is 9.83. The third-order valence-electron chi connectivity index (χ3n) is 2.50. The fraction of sp³-hybridized carbons (Fsp3) is 0.875. The number of hydrogen-bond donors (Lipinski definition) is 0. The summed E-state index contributed by atoms with van der Waals surface area (Å²) in [5, 5.41) is 0. The first-order valence-corrected chi connectivity index (χ1v) is 3.62. The molecule has 1 aliphatic rings. The summed E-state index contributed by atoms with van der Waals surface area (Å²) in [6.45, 7) is 4.36. The minimum Gasteiger partial charge on any atom is -0.303 e. The second-order valence-electron chi connectivity index (χ2n) is 3.62. The molecule has 0 amide bonds. The van der Waals surface area contributed by atoms with Crippen LogP contribution < -0.4 is 0 Å². The number of carbonyl (C=O) groups is 1. The van der Waals surface area contributed by atoms with Gasteiger partial charge in [-0.2, -0.15) is 0 Å². The fourth-order valence-electron chi connectivity index (χ4n) is 1.61. The van der Waals surface area contributed by atoms with Gasteiger partial charge in [-0.05, 0) is 18.3 Å². The molecule has 0 N–H and O–H groups in total. The molecule has 0 bridgehead atoms. The van der Waals surface area contributed by atoms with Crippen LogP contribution in [0.1, 0.15) is 33.1 Å². The van der Waals surface area contributed by atoms with Crippen LogP contribution in [0.25, 0.3) is 0 Å².